The number of hydrogen-bond donors (Lipinski definition) is 1. The fraction of sp³-hybridized carbons (Fsp3) is 0.571. The van der Waals surface area contributed by atoms with Crippen molar-refractivity contribution in [2.45, 2.75) is 51.0 Å². The molecule has 0 aromatic carbocycles. The summed E-state index contributed by atoms with van der Waals surface area (Å²) >= 11 is 0. The van der Waals surface area contributed by atoms with Gasteiger partial charge in [0.1, 0.15) is 16.7 Å². The van der Waals surface area contributed by atoms with Gasteiger partial charge in [-0.1, -0.05) is 26.7 Å². The van der Waals surface area contributed by atoms with E-state index in [4.69, 9.17) is 5.26 Å². The third kappa shape index (κ3) is 5.27. The molecule has 1 rings (SSSR count). The van der Waals surface area contributed by atoms with E-state index < -0.39 is 10.0 Å². The van der Waals surface area contributed by atoms with Crippen LogP contribution in [0, 0.1) is 17.2 Å². The van der Waals surface area contributed by atoms with E-state index in [2.05, 4.69) is 23.6 Å². The first-order valence-corrected chi connectivity index (χ1v) is 8.22. The summed E-state index contributed by atoms with van der Waals surface area (Å²) in [6.45, 7) is 6.16. The van der Waals surface area contributed by atoms with Crippen molar-refractivity contribution in [3.63, 3.8) is 0 Å². The van der Waals surface area contributed by atoms with E-state index in [-0.39, 0.29) is 16.6 Å². The Hall–Kier alpha value is -1.45. The Labute approximate surface area is 121 Å². The lowest BCUT2D eigenvalue weighted by molar-refractivity contribution is 0.488. The van der Waals surface area contributed by atoms with E-state index in [1.165, 1.54) is 18.3 Å². The molecule has 1 atom stereocenters. The van der Waals surface area contributed by atoms with E-state index >= 15 is 0 Å². The fourth-order valence-electron chi connectivity index (χ4n) is 1.83. The van der Waals surface area contributed by atoms with Crippen LogP contribution in [0.25, 0.3) is 0 Å². The maximum atomic E-state index is 12.1. The molecule has 1 heterocycles. The van der Waals surface area contributed by atoms with Crippen LogP contribution in [0.4, 0.5) is 0 Å². The van der Waals surface area contributed by atoms with Crippen LogP contribution in [0.1, 0.15) is 45.7 Å². The molecule has 0 amide bonds. The Morgan fingerprint density at radius 3 is 2.50 bits per heavy atom. The monoisotopic (exact) mass is 295 g/mol. The Kier molecular flexibility index (Phi) is 6.11. The summed E-state index contributed by atoms with van der Waals surface area (Å²) in [5.41, 5.74) is 0.203. The van der Waals surface area contributed by atoms with Gasteiger partial charge in [-0.05, 0) is 31.4 Å². The van der Waals surface area contributed by atoms with E-state index in [1.54, 1.807) is 0 Å². The Morgan fingerprint density at radius 2 is 2.00 bits per heavy atom. The molecule has 1 aromatic rings. The van der Waals surface area contributed by atoms with Gasteiger partial charge in [-0.2, -0.15) is 5.26 Å². The number of pyridine rings is 1. The van der Waals surface area contributed by atoms with Gasteiger partial charge in [0.05, 0.1) is 0 Å². The number of rotatable bonds is 7. The van der Waals surface area contributed by atoms with Gasteiger partial charge in [0.2, 0.25) is 10.0 Å². The molecule has 1 N–H and O–H groups in total. The van der Waals surface area contributed by atoms with Crippen molar-refractivity contribution in [1.29, 1.82) is 5.26 Å². The first kappa shape index (κ1) is 16.6. The molecule has 0 aliphatic rings. The molecule has 0 saturated heterocycles. The highest BCUT2D eigenvalue weighted by atomic mass is 32.2. The molecular weight excluding hydrogens is 274 g/mol. The summed E-state index contributed by atoms with van der Waals surface area (Å²) < 4.78 is 26.8. The molecule has 0 aliphatic carbocycles. The van der Waals surface area contributed by atoms with Gasteiger partial charge in [0, 0.05) is 12.2 Å². The average molecular weight is 295 g/mol. The van der Waals surface area contributed by atoms with Gasteiger partial charge >= 0.3 is 0 Å². The van der Waals surface area contributed by atoms with E-state index in [0.717, 1.165) is 19.3 Å². The SMILES string of the molecule is CC(C)CCCC(C)NS(=O)(=O)c1ccc(C#N)nc1. The van der Waals surface area contributed by atoms with Crippen LogP contribution in [0.3, 0.4) is 0 Å². The maximum Gasteiger partial charge on any atom is 0.242 e. The lowest BCUT2D eigenvalue weighted by Gasteiger charge is -2.14. The highest BCUT2D eigenvalue weighted by Crippen LogP contribution is 2.12. The molecule has 5 nitrogen and oxygen atoms in total. The van der Waals surface area contributed by atoms with E-state index in [9.17, 15) is 8.42 Å². The van der Waals surface area contributed by atoms with Gasteiger partial charge in [0.15, 0.2) is 0 Å². The third-order valence-electron chi connectivity index (χ3n) is 2.94. The second-order valence-electron chi connectivity index (χ2n) is 5.34. The van der Waals surface area contributed by atoms with Crippen LogP contribution in [-0.2, 0) is 10.0 Å². The third-order valence-corrected chi connectivity index (χ3v) is 4.51. The number of aromatic nitrogens is 1. The van der Waals surface area contributed by atoms with Crippen LogP contribution >= 0.6 is 0 Å². The van der Waals surface area contributed by atoms with Crippen molar-refractivity contribution >= 4 is 10.0 Å². The molecule has 0 fully saturated rings. The van der Waals surface area contributed by atoms with Crippen LogP contribution in [0.5, 0.6) is 0 Å². The van der Waals surface area contributed by atoms with Crippen molar-refractivity contribution in [1.82, 2.24) is 9.71 Å². The molecule has 0 saturated carbocycles. The Bertz CT molecular complexity index is 559. The molecule has 0 radical (unpaired) electrons. The zero-order chi connectivity index (χ0) is 15.2. The standard InChI is InChI=1S/C14H21N3O2S/c1-11(2)5-4-6-12(3)17-20(18,19)14-8-7-13(9-15)16-10-14/h7-8,10-12,17H,4-6H2,1-3H3. The Morgan fingerprint density at radius 1 is 1.30 bits per heavy atom. The van der Waals surface area contributed by atoms with Gasteiger partial charge < -0.3 is 0 Å². The van der Waals surface area contributed by atoms with Crippen LogP contribution in [0.15, 0.2) is 23.2 Å². The van der Waals surface area contributed by atoms with Gasteiger partial charge in [-0.25, -0.2) is 18.1 Å². The maximum absolute atomic E-state index is 12.1. The van der Waals surface area contributed by atoms with Crippen molar-refractivity contribution in [2.24, 2.45) is 5.92 Å². The first-order chi connectivity index (χ1) is 9.35. The van der Waals surface area contributed by atoms with Crippen LogP contribution < -0.4 is 4.72 Å². The average Bonchev–Trinajstić information content (AvgIpc) is 2.37. The van der Waals surface area contributed by atoms with E-state index in [0.29, 0.717) is 5.92 Å². The van der Waals surface area contributed by atoms with Gasteiger partial charge in [-0.3, -0.25) is 0 Å². The normalized spacial score (nSPS) is 13.2. The summed E-state index contributed by atoms with van der Waals surface area (Å²) in [6, 6.07) is 4.54. The van der Waals surface area contributed by atoms with Crippen LogP contribution in [0.2, 0.25) is 0 Å². The molecule has 0 aliphatic heterocycles. The number of hydrogen-bond acceptors (Lipinski definition) is 4. The molecule has 6 heteroatoms. The lowest BCUT2D eigenvalue weighted by Crippen LogP contribution is -2.32. The first-order valence-electron chi connectivity index (χ1n) is 6.73. The Balaban J connectivity index is 2.62. The summed E-state index contributed by atoms with van der Waals surface area (Å²) in [5.74, 6) is 0.626. The lowest BCUT2D eigenvalue weighted by atomic mass is 10.0. The highest BCUT2D eigenvalue weighted by Gasteiger charge is 2.17. The minimum absolute atomic E-state index is 0.0900. The van der Waals surface area contributed by atoms with Crippen molar-refractivity contribution in [3.05, 3.63) is 24.0 Å². The topological polar surface area (TPSA) is 82.9 Å². The zero-order valence-electron chi connectivity index (χ0n) is 12.1. The number of nitriles is 1. The summed E-state index contributed by atoms with van der Waals surface area (Å²) in [6.07, 6.45) is 4.10. The second kappa shape index (κ2) is 7.36. The quantitative estimate of drug-likeness (QED) is 0.837. The number of nitrogens with one attached hydrogen (secondary N) is 1. The summed E-state index contributed by atoms with van der Waals surface area (Å²) in [4.78, 5) is 3.87. The molecule has 20 heavy (non-hydrogen) atoms. The van der Waals surface area contributed by atoms with Crippen molar-refractivity contribution < 1.29 is 8.42 Å². The minimum atomic E-state index is -3.56. The predicted octanol–water partition coefficient (Wildman–Crippen LogP) is 2.45. The zero-order valence-corrected chi connectivity index (χ0v) is 12.9. The predicted molar refractivity (Wildman–Crippen MR) is 77.4 cm³/mol. The van der Waals surface area contributed by atoms with Crippen molar-refractivity contribution in [3.8, 4) is 6.07 Å². The van der Waals surface area contributed by atoms with Crippen LogP contribution in [-0.4, -0.2) is 19.4 Å². The van der Waals surface area contributed by atoms with E-state index in [1.807, 2.05) is 13.0 Å². The summed E-state index contributed by atoms with van der Waals surface area (Å²) in [7, 11) is -3.56. The molecule has 1 unspecified atom stereocenters. The molecule has 0 spiro atoms. The van der Waals surface area contributed by atoms with Gasteiger partial charge in [-0.15, -0.1) is 0 Å². The molecule has 110 valence electrons. The molecule has 0 bridgehead atoms. The number of sulfonamides is 1. The van der Waals surface area contributed by atoms with Gasteiger partial charge in [0.25, 0.3) is 0 Å². The fourth-order valence-corrected chi connectivity index (χ4v) is 3.05. The largest absolute Gasteiger partial charge is 0.244 e. The molecule has 1 aromatic heterocycles. The summed E-state index contributed by atoms with van der Waals surface area (Å²) in [5, 5.41) is 8.64. The highest BCUT2D eigenvalue weighted by molar-refractivity contribution is 7.89. The smallest absolute Gasteiger partial charge is 0.242 e. The second-order valence-corrected chi connectivity index (χ2v) is 7.05. The van der Waals surface area contributed by atoms with Crippen molar-refractivity contribution in [2.75, 3.05) is 0 Å². The number of nitrogens with zero attached hydrogens (tertiary/aromatic N) is 2. The minimum Gasteiger partial charge on any atom is -0.244 e. The molecular formula is C14H21N3O2S.